The predicted molar refractivity (Wildman–Crippen MR) is 48.5 cm³/mol. The van der Waals surface area contributed by atoms with E-state index in [1.807, 2.05) is 0 Å². The highest BCUT2D eigenvalue weighted by molar-refractivity contribution is 7.09. The molecule has 1 aromatic heterocycles. The van der Waals surface area contributed by atoms with Crippen LogP contribution in [0.2, 0.25) is 0 Å². The van der Waals surface area contributed by atoms with Crippen LogP contribution in [0.15, 0.2) is 6.33 Å². The zero-order chi connectivity index (χ0) is 9.68. The largest absolute Gasteiger partial charge is 0.301 e. The second kappa shape index (κ2) is 4.66. The van der Waals surface area contributed by atoms with E-state index in [1.165, 1.54) is 13.3 Å². The van der Waals surface area contributed by atoms with Crippen molar-refractivity contribution in [3.05, 3.63) is 6.33 Å². The Hall–Kier alpha value is -1.30. The van der Waals surface area contributed by atoms with Gasteiger partial charge in [0.25, 0.3) is 0 Å². The number of hydrogen-bond acceptors (Lipinski definition) is 5. The summed E-state index contributed by atoms with van der Waals surface area (Å²) in [5, 5.41) is 3.00. The van der Waals surface area contributed by atoms with E-state index in [0.29, 0.717) is 5.13 Å². The molecule has 0 aromatic carbocycles. The fraction of sp³-hybridized carbons (Fsp3) is 0.429. The van der Waals surface area contributed by atoms with Gasteiger partial charge in [-0.1, -0.05) is 0 Å². The normalized spacial score (nSPS) is 9.62. The number of anilines is 1. The minimum absolute atomic E-state index is 0.00686. The lowest BCUT2D eigenvalue weighted by Gasteiger charge is -1.97. The first-order valence-corrected chi connectivity index (χ1v) is 4.52. The van der Waals surface area contributed by atoms with Crippen molar-refractivity contribution in [3.8, 4) is 0 Å². The average molecular weight is 199 g/mol. The van der Waals surface area contributed by atoms with Crippen molar-refractivity contribution in [2.24, 2.45) is 0 Å². The highest BCUT2D eigenvalue weighted by atomic mass is 32.1. The standard InChI is InChI=1S/C7H9N3O2S/c1-5(11)2-3-6(12)10-7-8-4-9-13-7/h4H,2-3H2,1H3,(H,8,9,10,12). The van der Waals surface area contributed by atoms with Crippen LogP contribution < -0.4 is 5.32 Å². The maximum atomic E-state index is 11.1. The number of hydrogen-bond donors (Lipinski definition) is 1. The molecule has 0 fully saturated rings. The lowest BCUT2D eigenvalue weighted by molar-refractivity contribution is -0.121. The molecule has 0 atom stereocenters. The van der Waals surface area contributed by atoms with Crippen LogP contribution in [0, 0.1) is 0 Å². The molecule has 0 bridgehead atoms. The molecule has 0 aliphatic heterocycles. The van der Waals surface area contributed by atoms with Crippen molar-refractivity contribution in [2.75, 3.05) is 5.32 Å². The topological polar surface area (TPSA) is 72.0 Å². The number of carbonyl (C=O) groups excluding carboxylic acids is 2. The lowest BCUT2D eigenvalue weighted by atomic mass is 10.2. The number of nitrogens with zero attached hydrogens (tertiary/aromatic N) is 2. The van der Waals surface area contributed by atoms with E-state index in [9.17, 15) is 9.59 Å². The highest BCUT2D eigenvalue weighted by Crippen LogP contribution is 2.07. The Morgan fingerprint density at radius 3 is 2.85 bits per heavy atom. The molecule has 1 N–H and O–H groups in total. The van der Waals surface area contributed by atoms with Crippen LogP contribution in [-0.4, -0.2) is 21.0 Å². The monoisotopic (exact) mass is 199 g/mol. The van der Waals surface area contributed by atoms with Crippen LogP contribution in [0.3, 0.4) is 0 Å². The summed E-state index contributed by atoms with van der Waals surface area (Å²) >= 11 is 1.11. The molecule has 1 aromatic rings. The van der Waals surface area contributed by atoms with Gasteiger partial charge in [0, 0.05) is 24.4 Å². The van der Waals surface area contributed by atoms with Crippen LogP contribution in [0.4, 0.5) is 5.13 Å². The minimum atomic E-state index is -0.202. The molecule has 6 heteroatoms. The second-order valence-corrected chi connectivity index (χ2v) is 3.28. The quantitative estimate of drug-likeness (QED) is 0.780. The zero-order valence-electron chi connectivity index (χ0n) is 7.11. The first kappa shape index (κ1) is 9.79. The molecule has 0 aliphatic carbocycles. The van der Waals surface area contributed by atoms with Gasteiger partial charge in [-0.15, -0.1) is 0 Å². The van der Waals surface area contributed by atoms with Gasteiger partial charge in [0.15, 0.2) is 0 Å². The Morgan fingerprint density at radius 2 is 2.31 bits per heavy atom. The Kier molecular flexibility index (Phi) is 3.51. The summed E-state index contributed by atoms with van der Waals surface area (Å²) in [5.41, 5.74) is 0. The summed E-state index contributed by atoms with van der Waals surface area (Å²) in [6, 6.07) is 0. The first-order valence-electron chi connectivity index (χ1n) is 3.74. The zero-order valence-corrected chi connectivity index (χ0v) is 7.93. The summed E-state index contributed by atoms with van der Waals surface area (Å²) in [6.45, 7) is 1.46. The van der Waals surface area contributed by atoms with Crippen LogP contribution >= 0.6 is 11.5 Å². The fourth-order valence-electron chi connectivity index (χ4n) is 0.699. The summed E-state index contributed by atoms with van der Waals surface area (Å²) in [5.74, 6) is -0.195. The van der Waals surface area contributed by atoms with Crippen LogP contribution in [0.1, 0.15) is 19.8 Å². The van der Waals surface area contributed by atoms with Crippen LogP contribution in [0.5, 0.6) is 0 Å². The molecule has 0 unspecified atom stereocenters. The third kappa shape index (κ3) is 3.75. The molecule has 0 saturated heterocycles. The fourth-order valence-corrected chi connectivity index (χ4v) is 1.15. The minimum Gasteiger partial charge on any atom is -0.301 e. The molecule has 0 spiro atoms. The van der Waals surface area contributed by atoms with Gasteiger partial charge in [-0.3, -0.25) is 4.79 Å². The Bertz CT molecular complexity index is 297. The van der Waals surface area contributed by atoms with Gasteiger partial charge in [-0.25, -0.2) is 4.98 Å². The number of aromatic nitrogens is 2. The summed E-state index contributed by atoms with van der Waals surface area (Å²) < 4.78 is 3.72. The number of carbonyl (C=O) groups is 2. The molecule has 1 rings (SSSR count). The van der Waals surface area contributed by atoms with Crippen molar-refractivity contribution >= 4 is 28.4 Å². The van der Waals surface area contributed by atoms with Crippen LogP contribution in [-0.2, 0) is 9.59 Å². The number of amides is 1. The van der Waals surface area contributed by atoms with Crippen molar-refractivity contribution < 1.29 is 9.59 Å². The molecule has 5 nitrogen and oxygen atoms in total. The third-order valence-corrected chi connectivity index (χ3v) is 1.89. The van der Waals surface area contributed by atoms with Gasteiger partial charge in [0.1, 0.15) is 12.1 Å². The van der Waals surface area contributed by atoms with Crippen molar-refractivity contribution in [1.82, 2.24) is 9.36 Å². The first-order chi connectivity index (χ1) is 6.18. The highest BCUT2D eigenvalue weighted by Gasteiger charge is 2.05. The molecule has 1 amide bonds. The van der Waals surface area contributed by atoms with E-state index in [4.69, 9.17) is 0 Å². The Labute approximate surface area is 79.3 Å². The molecule has 0 saturated carbocycles. The van der Waals surface area contributed by atoms with E-state index in [2.05, 4.69) is 14.7 Å². The summed E-state index contributed by atoms with van der Waals surface area (Å²) in [7, 11) is 0. The second-order valence-electron chi connectivity index (χ2n) is 2.50. The number of Topliss-reactive ketones (excluding diaryl/α,β-unsaturated/α-hetero) is 1. The van der Waals surface area contributed by atoms with E-state index >= 15 is 0 Å². The number of ketones is 1. The summed E-state index contributed by atoms with van der Waals surface area (Å²) in [6.07, 6.45) is 1.84. The molecule has 1 heterocycles. The van der Waals surface area contributed by atoms with Crippen molar-refractivity contribution in [1.29, 1.82) is 0 Å². The van der Waals surface area contributed by atoms with Crippen molar-refractivity contribution in [3.63, 3.8) is 0 Å². The number of nitrogens with one attached hydrogen (secondary N) is 1. The number of rotatable bonds is 4. The molecule has 13 heavy (non-hydrogen) atoms. The van der Waals surface area contributed by atoms with E-state index < -0.39 is 0 Å². The van der Waals surface area contributed by atoms with Gasteiger partial charge in [-0.2, -0.15) is 4.37 Å². The van der Waals surface area contributed by atoms with Gasteiger partial charge in [-0.05, 0) is 6.92 Å². The molecular weight excluding hydrogens is 190 g/mol. The van der Waals surface area contributed by atoms with Gasteiger partial charge >= 0.3 is 0 Å². The van der Waals surface area contributed by atoms with Gasteiger partial charge in [0.2, 0.25) is 11.0 Å². The molecule has 0 radical (unpaired) electrons. The lowest BCUT2D eigenvalue weighted by Crippen LogP contribution is -2.12. The maximum Gasteiger partial charge on any atom is 0.226 e. The Balaban J connectivity index is 2.30. The maximum absolute atomic E-state index is 11.1. The average Bonchev–Trinajstić information content (AvgIpc) is 2.53. The SMILES string of the molecule is CC(=O)CCC(=O)Nc1ncns1. The van der Waals surface area contributed by atoms with Gasteiger partial charge in [0.05, 0.1) is 0 Å². The Morgan fingerprint density at radius 1 is 1.54 bits per heavy atom. The van der Waals surface area contributed by atoms with Crippen LogP contribution in [0.25, 0.3) is 0 Å². The summed E-state index contributed by atoms with van der Waals surface area (Å²) in [4.78, 5) is 25.4. The molecule has 70 valence electrons. The molecular formula is C7H9N3O2S. The van der Waals surface area contributed by atoms with E-state index in [1.54, 1.807) is 0 Å². The molecule has 0 aliphatic rings. The van der Waals surface area contributed by atoms with E-state index in [0.717, 1.165) is 11.5 Å². The van der Waals surface area contributed by atoms with Crippen molar-refractivity contribution in [2.45, 2.75) is 19.8 Å². The smallest absolute Gasteiger partial charge is 0.226 e. The van der Waals surface area contributed by atoms with Gasteiger partial charge < -0.3 is 10.1 Å². The predicted octanol–water partition coefficient (Wildman–Crippen LogP) is 0.846. The van der Waals surface area contributed by atoms with E-state index in [-0.39, 0.29) is 24.5 Å². The third-order valence-electron chi connectivity index (χ3n) is 1.31.